The number of ether oxygens (including phenoxy) is 2. The first-order valence-corrected chi connectivity index (χ1v) is 9.26. The van der Waals surface area contributed by atoms with Crippen LogP contribution in [0.25, 0.3) is 0 Å². The highest BCUT2D eigenvalue weighted by Crippen LogP contribution is 2.30. The Kier molecular flexibility index (Phi) is 6.19. The van der Waals surface area contributed by atoms with Crippen molar-refractivity contribution in [2.75, 3.05) is 57.2 Å². The van der Waals surface area contributed by atoms with E-state index < -0.39 is 0 Å². The second-order valence-corrected chi connectivity index (χ2v) is 6.46. The maximum absolute atomic E-state index is 12.8. The van der Waals surface area contributed by atoms with Gasteiger partial charge in [-0.3, -0.25) is 4.79 Å². The summed E-state index contributed by atoms with van der Waals surface area (Å²) in [6.07, 6.45) is 0. The second-order valence-electron chi connectivity index (χ2n) is 6.46. The van der Waals surface area contributed by atoms with Crippen molar-refractivity contribution < 1.29 is 14.3 Å². The number of nitrogens with one attached hydrogen (secondary N) is 1. The van der Waals surface area contributed by atoms with Crippen LogP contribution in [-0.2, 0) is 0 Å². The highest BCUT2D eigenvalue weighted by molar-refractivity contribution is 6.06. The molecule has 1 fully saturated rings. The van der Waals surface area contributed by atoms with Crippen LogP contribution in [0.5, 0.6) is 11.5 Å². The number of methoxy groups -OCH3 is 2. The van der Waals surface area contributed by atoms with Crippen molar-refractivity contribution in [2.24, 2.45) is 0 Å². The number of amides is 1. The molecular formula is C21H27N3O3. The van der Waals surface area contributed by atoms with E-state index in [0.29, 0.717) is 17.1 Å². The lowest BCUT2D eigenvalue weighted by Crippen LogP contribution is -2.46. The van der Waals surface area contributed by atoms with Crippen LogP contribution in [0, 0.1) is 0 Å². The predicted octanol–water partition coefficient (Wildman–Crippen LogP) is 3.10. The number of rotatable bonds is 6. The molecule has 1 aliphatic rings. The molecule has 144 valence electrons. The maximum atomic E-state index is 12.8. The number of nitrogens with zero attached hydrogens (tertiary/aromatic N) is 2. The minimum Gasteiger partial charge on any atom is -0.493 e. The third-order valence-corrected chi connectivity index (χ3v) is 4.96. The largest absolute Gasteiger partial charge is 0.493 e. The van der Waals surface area contributed by atoms with Gasteiger partial charge in [-0.25, -0.2) is 0 Å². The van der Waals surface area contributed by atoms with Crippen LogP contribution in [0.15, 0.2) is 42.5 Å². The summed E-state index contributed by atoms with van der Waals surface area (Å²) in [6, 6.07) is 13.1. The molecule has 0 spiro atoms. The molecule has 1 saturated heterocycles. The fraction of sp³-hybridized carbons (Fsp3) is 0.381. The van der Waals surface area contributed by atoms with Crippen LogP contribution in [0.4, 0.5) is 11.4 Å². The SMILES string of the molecule is CCN1CCN(c2ccccc2NC(=O)c2ccc(OC)c(OC)c2)CC1. The summed E-state index contributed by atoms with van der Waals surface area (Å²) < 4.78 is 10.5. The Hall–Kier alpha value is -2.73. The summed E-state index contributed by atoms with van der Waals surface area (Å²) >= 11 is 0. The van der Waals surface area contributed by atoms with Gasteiger partial charge in [-0.05, 0) is 36.9 Å². The summed E-state index contributed by atoms with van der Waals surface area (Å²) in [5, 5.41) is 3.05. The Morgan fingerprint density at radius 1 is 1.00 bits per heavy atom. The topological polar surface area (TPSA) is 54.0 Å². The van der Waals surface area contributed by atoms with Gasteiger partial charge in [0.15, 0.2) is 11.5 Å². The molecule has 0 saturated carbocycles. The van der Waals surface area contributed by atoms with Gasteiger partial charge < -0.3 is 24.6 Å². The minimum atomic E-state index is -0.171. The second kappa shape index (κ2) is 8.77. The van der Waals surface area contributed by atoms with Crippen molar-refractivity contribution in [3.05, 3.63) is 48.0 Å². The first kappa shape index (κ1) is 19.0. The van der Waals surface area contributed by atoms with Crippen LogP contribution in [-0.4, -0.2) is 57.8 Å². The first-order chi connectivity index (χ1) is 13.2. The molecular weight excluding hydrogens is 342 g/mol. The quantitative estimate of drug-likeness (QED) is 0.848. The van der Waals surface area contributed by atoms with Crippen molar-refractivity contribution in [1.29, 1.82) is 0 Å². The molecule has 2 aromatic rings. The summed E-state index contributed by atoms with van der Waals surface area (Å²) in [5.74, 6) is 0.966. The molecule has 0 bridgehead atoms. The Morgan fingerprint density at radius 3 is 2.37 bits per heavy atom. The van der Waals surface area contributed by atoms with Crippen LogP contribution in [0.1, 0.15) is 17.3 Å². The van der Waals surface area contributed by atoms with Gasteiger partial charge >= 0.3 is 0 Å². The van der Waals surface area contributed by atoms with E-state index in [-0.39, 0.29) is 5.91 Å². The molecule has 0 radical (unpaired) electrons. The van der Waals surface area contributed by atoms with Gasteiger partial charge in [-0.1, -0.05) is 19.1 Å². The Morgan fingerprint density at radius 2 is 1.70 bits per heavy atom. The zero-order chi connectivity index (χ0) is 19.2. The molecule has 2 aromatic carbocycles. The van der Waals surface area contributed by atoms with E-state index in [9.17, 15) is 4.79 Å². The molecule has 0 atom stereocenters. The first-order valence-electron chi connectivity index (χ1n) is 9.26. The van der Waals surface area contributed by atoms with E-state index >= 15 is 0 Å². The molecule has 6 nitrogen and oxygen atoms in total. The molecule has 6 heteroatoms. The van der Waals surface area contributed by atoms with E-state index in [1.165, 1.54) is 0 Å². The summed E-state index contributed by atoms with van der Waals surface area (Å²) in [6.45, 7) is 7.25. The van der Waals surface area contributed by atoms with Crippen molar-refractivity contribution >= 4 is 17.3 Å². The van der Waals surface area contributed by atoms with Gasteiger partial charge in [-0.2, -0.15) is 0 Å². The molecule has 0 aromatic heterocycles. The number of hydrogen-bond donors (Lipinski definition) is 1. The van der Waals surface area contributed by atoms with Crippen molar-refractivity contribution in [3.8, 4) is 11.5 Å². The van der Waals surface area contributed by atoms with Gasteiger partial charge in [0.1, 0.15) is 0 Å². The van der Waals surface area contributed by atoms with Gasteiger partial charge in [0, 0.05) is 31.7 Å². The molecule has 1 amide bonds. The average Bonchev–Trinajstić information content (AvgIpc) is 2.73. The van der Waals surface area contributed by atoms with E-state index in [1.54, 1.807) is 32.4 Å². The Labute approximate surface area is 160 Å². The zero-order valence-electron chi connectivity index (χ0n) is 16.2. The van der Waals surface area contributed by atoms with Crippen LogP contribution < -0.4 is 19.7 Å². The number of carbonyl (C=O) groups excluding carboxylic acids is 1. The lowest BCUT2D eigenvalue weighted by molar-refractivity contribution is 0.102. The minimum absolute atomic E-state index is 0.171. The van der Waals surface area contributed by atoms with E-state index in [2.05, 4.69) is 28.1 Å². The molecule has 3 rings (SSSR count). The Bertz CT molecular complexity index is 786. The molecule has 0 aliphatic carbocycles. The normalized spacial score (nSPS) is 14.7. The standard InChI is InChI=1S/C21H27N3O3/c1-4-23-11-13-24(14-12-23)18-8-6-5-7-17(18)22-21(25)16-9-10-19(26-2)20(15-16)27-3/h5-10,15H,4,11-14H2,1-3H3,(H,22,25). The monoisotopic (exact) mass is 369 g/mol. The molecule has 1 aliphatic heterocycles. The number of para-hydroxylation sites is 2. The third-order valence-electron chi connectivity index (χ3n) is 4.96. The van der Waals surface area contributed by atoms with Crippen molar-refractivity contribution in [1.82, 2.24) is 4.90 Å². The number of anilines is 2. The Balaban J connectivity index is 1.77. The fourth-order valence-corrected chi connectivity index (χ4v) is 3.33. The van der Waals surface area contributed by atoms with Crippen molar-refractivity contribution in [2.45, 2.75) is 6.92 Å². The number of piperazine rings is 1. The fourth-order valence-electron chi connectivity index (χ4n) is 3.33. The van der Waals surface area contributed by atoms with E-state index in [4.69, 9.17) is 9.47 Å². The molecule has 1 heterocycles. The van der Waals surface area contributed by atoms with E-state index in [0.717, 1.165) is 44.1 Å². The van der Waals surface area contributed by atoms with E-state index in [1.807, 2.05) is 18.2 Å². The lowest BCUT2D eigenvalue weighted by atomic mass is 10.1. The number of likely N-dealkylation sites (N-methyl/N-ethyl adjacent to an activating group) is 1. The summed E-state index contributed by atoms with van der Waals surface area (Å²) in [4.78, 5) is 17.5. The lowest BCUT2D eigenvalue weighted by Gasteiger charge is -2.36. The molecule has 27 heavy (non-hydrogen) atoms. The summed E-state index contributed by atoms with van der Waals surface area (Å²) in [5.41, 5.74) is 2.41. The van der Waals surface area contributed by atoms with Gasteiger partial charge in [0.2, 0.25) is 0 Å². The number of benzene rings is 2. The highest BCUT2D eigenvalue weighted by atomic mass is 16.5. The zero-order valence-corrected chi connectivity index (χ0v) is 16.2. The van der Waals surface area contributed by atoms with Gasteiger partial charge in [0.25, 0.3) is 5.91 Å². The van der Waals surface area contributed by atoms with Gasteiger partial charge in [0.05, 0.1) is 25.6 Å². The van der Waals surface area contributed by atoms with Crippen molar-refractivity contribution in [3.63, 3.8) is 0 Å². The average molecular weight is 369 g/mol. The predicted molar refractivity (Wildman–Crippen MR) is 108 cm³/mol. The number of carbonyl (C=O) groups is 1. The van der Waals surface area contributed by atoms with Crippen LogP contribution in [0.3, 0.4) is 0 Å². The third kappa shape index (κ3) is 4.34. The van der Waals surface area contributed by atoms with Gasteiger partial charge in [-0.15, -0.1) is 0 Å². The smallest absolute Gasteiger partial charge is 0.255 e. The maximum Gasteiger partial charge on any atom is 0.255 e. The summed E-state index contributed by atoms with van der Waals surface area (Å²) in [7, 11) is 3.14. The van der Waals surface area contributed by atoms with Crippen LogP contribution in [0.2, 0.25) is 0 Å². The molecule has 0 unspecified atom stereocenters. The molecule has 1 N–H and O–H groups in total. The number of hydrogen-bond acceptors (Lipinski definition) is 5. The highest BCUT2D eigenvalue weighted by Gasteiger charge is 2.19. The van der Waals surface area contributed by atoms with Crippen LogP contribution >= 0.6 is 0 Å².